The Morgan fingerprint density at radius 2 is 2.10 bits per heavy atom. The van der Waals surface area contributed by atoms with Gasteiger partial charge in [-0.25, -0.2) is 4.79 Å². The fraction of sp³-hybridized carbons (Fsp3) is 0.357. The van der Waals surface area contributed by atoms with E-state index >= 15 is 0 Å². The number of carboxylic acids is 2. The largest absolute Gasteiger partial charge is 0.481 e. The zero-order chi connectivity index (χ0) is 15.8. The van der Waals surface area contributed by atoms with E-state index in [4.69, 9.17) is 10.2 Å². The van der Waals surface area contributed by atoms with Crippen LogP contribution in [-0.4, -0.2) is 34.1 Å². The highest BCUT2D eigenvalue weighted by Crippen LogP contribution is 2.16. The van der Waals surface area contributed by atoms with Crippen molar-refractivity contribution in [3.8, 4) is 0 Å². The van der Waals surface area contributed by atoms with E-state index in [2.05, 4.69) is 5.32 Å². The molecule has 1 aromatic heterocycles. The van der Waals surface area contributed by atoms with Gasteiger partial charge >= 0.3 is 11.9 Å². The number of hydrogen-bond donors (Lipinski definition) is 3. The van der Waals surface area contributed by atoms with E-state index in [-0.39, 0.29) is 19.3 Å². The average molecular weight is 311 g/mol. The Labute approximate surface area is 126 Å². The van der Waals surface area contributed by atoms with Crippen molar-refractivity contribution in [1.82, 2.24) is 5.32 Å². The molecule has 1 aromatic rings. The van der Waals surface area contributed by atoms with Gasteiger partial charge in [0.15, 0.2) is 0 Å². The molecule has 0 aromatic carbocycles. The molecule has 0 aliphatic carbocycles. The maximum atomic E-state index is 11.7. The Kier molecular flexibility index (Phi) is 6.61. The summed E-state index contributed by atoms with van der Waals surface area (Å²) in [6.45, 7) is 1.92. The molecule has 0 fully saturated rings. The first-order valence-electron chi connectivity index (χ1n) is 6.37. The van der Waals surface area contributed by atoms with Crippen LogP contribution in [0.3, 0.4) is 0 Å². The van der Waals surface area contributed by atoms with Gasteiger partial charge in [0.05, 0.1) is 0 Å². The number of carboxylic acid groups (broad SMARTS) is 2. The maximum Gasteiger partial charge on any atom is 0.326 e. The highest BCUT2D eigenvalue weighted by Gasteiger charge is 2.18. The average Bonchev–Trinajstić information content (AvgIpc) is 2.80. The summed E-state index contributed by atoms with van der Waals surface area (Å²) < 4.78 is 0. The van der Waals surface area contributed by atoms with Crippen molar-refractivity contribution in [2.24, 2.45) is 0 Å². The molecule has 0 saturated carbocycles. The normalized spacial score (nSPS) is 12.2. The quantitative estimate of drug-likeness (QED) is 0.636. The van der Waals surface area contributed by atoms with Crippen molar-refractivity contribution in [3.05, 3.63) is 28.0 Å². The topological polar surface area (TPSA) is 104 Å². The summed E-state index contributed by atoms with van der Waals surface area (Å²) in [6, 6.07) is 0.847. The number of amides is 1. The molecule has 0 radical (unpaired) electrons. The van der Waals surface area contributed by atoms with Crippen LogP contribution >= 0.6 is 11.3 Å². The summed E-state index contributed by atoms with van der Waals surface area (Å²) in [7, 11) is 0. The van der Waals surface area contributed by atoms with Crippen molar-refractivity contribution in [2.75, 3.05) is 0 Å². The van der Waals surface area contributed by atoms with Crippen molar-refractivity contribution >= 4 is 35.3 Å². The van der Waals surface area contributed by atoms with Gasteiger partial charge in [0.2, 0.25) is 5.91 Å². The lowest BCUT2D eigenvalue weighted by atomic mass is 10.1. The first-order chi connectivity index (χ1) is 9.90. The van der Waals surface area contributed by atoms with Crippen LogP contribution in [0, 0.1) is 6.92 Å². The minimum atomic E-state index is -1.17. The number of hydrogen-bond acceptors (Lipinski definition) is 4. The molecule has 0 unspecified atom stereocenters. The first-order valence-corrected chi connectivity index (χ1v) is 7.25. The van der Waals surface area contributed by atoms with Crippen LogP contribution in [0.15, 0.2) is 17.5 Å². The Morgan fingerprint density at radius 1 is 1.38 bits per heavy atom. The van der Waals surface area contributed by atoms with E-state index in [1.807, 2.05) is 18.4 Å². The zero-order valence-electron chi connectivity index (χ0n) is 11.5. The van der Waals surface area contributed by atoms with Crippen LogP contribution in [0.25, 0.3) is 6.08 Å². The molecule has 0 saturated heterocycles. The van der Waals surface area contributed by atoms with Gasteiger partial charge < -0.3 is 15.5 Å². The van der Waals surface area contributed by atoms with Crippen LogP contribution in [0.2, 0.25) is 0 Å². The monoisotopic (exact) mass is 311 g/mol. The highest BCUT2D eigenvalue weighted by molar-refractivity contribution is 7.11. The van der Waals surface area contributed by atoms with Crippen LogP contribution < -0.4 is 5.32 Å². The molecular weight excluding hydrogens is 294 g/mol. The molecule has 114 valence electrons. The zero-order valence-corrected chi connectivity index (χ0v) is 12.4. The number of aryl methyl sites for hydroxylation is 1. The molecule has 21 heavy (non-hydrogen) atoms. The van der Waals surface area contributed by atoms with E-state index in [0.29, 0.717) is 0 Å². The fourth-order valence-electron chi connectivity index (χ4n) is 1.64. The summed E-state index contributed by atoms with van der Waals surface area (Å²) in [4.78, 5) is 34.0. The number of nitrogens with one attached hydrogen (secondary N) is 1. The Morgan fingerprint density at radius 3 is 2.62 bits per heavy atom. The minimum absolute atomic E-state index is 0.0826. The summed E-state index contributed by atoms with van der Waals surface area (Å²) in [5.74, 6) is -2.67. The van der Waals surface area contributed by atoms with Crippen LogP contribution in [-0.2, 0) is 14.4 Å². The van der Waals surface area contributed by atoms with Crippen LogP contribution in [0.1, 0.15) is 29.7 Å². The van der Waals surface area contributed by atoms with Gasteiger partial charge in [0.1, 0.15) is 6.04 Å². The van der Waals surface area contributed by atoms with Gasteiger partial charge in [-0.2, -0.15) is 0 Å². The molecule has 0 aliphatic heterocycles. The van der Waals surface area contributed by atoms with E-state index in [1.54, 1.807) is 6.08 Å². The van der Waals surface area contributed by atoms with Crippen molar-refractivity contribution in [3.63, 3.8) is 0 Å². The molecule has 0 bridgehead atoms. The second-order valence-electron chi connectivity index (χ2n) is 4.49. The van der Waals surface area contributed by atoms with Crippen LogP contribution in [0.5, 0.6) is 0 Å². The molecule has 1 atom stereocenters. The third kappa shape index (κ3) is 6.22. The minimum Gasteiger partial charge on any atom is -0.481 e. The smallest absolute Gasteiger partial charge is 0.326 e. The summed E-state index contributed by atoms with van der Waals surface area (Å²) >= 11 is 1.49. The van der Waals surface area contributed by atoms with Crippen molar-refractivity contribution < 1.29 is 24.6 Å². The van der Waals surface area contributed by atoms with Crippen molar-refractivity contribution in [1.29, 1.82) is 0 Å². The molecule has 3 N–H and O–H groups in total. The first kappa shape index (κ1) is 16.9. The number of thiophene rings is 1. The van der Waals surface area contributed by atoms with Gasteiger partial charge in [-0.05, 0) is 42.9 Å². The molecule has 1 rings (SSSR count). The van der Waals surface area contributed by atoms with Crippen LogP contribution in [0.4, 0.5) is 0 Å². The SMILES string of the molecule is Cc1ccsc1/C=C/C(=O)N[C@H](CCCC(=O)O)C(=O)O. The Bertz CT molecular complexity index is 549. The molecule has 1 amide bonds. The lowest BCUT2D eigenvalue weighted by molar-refractivity contribution is -0.142. The molecule has 1 heterocycles. The molecular formula is C14H17NO5S. The maximum absolute atomic E-state index is 11.7. The highest BCUT2D eigenvalue weighted by atomic mass is 32.1. The third-order valence-corrected chi connectivity index (χ3v) is 3.77. The lowest BCUT2D eigenvalue weighted by Crippen LogP contribution is -2.40. The number of aliphatic carboxylic acids is 2. The second kappa shape index (κ2) is 8.21. The van der Waals surface area contributed by atoms with Crippen molar-refractivity contribution in [2.45, 2.75) is 32.2 Å². The van der Waals surface area contributed by atoms with Gasteiger partial charge in [-0.1, -0.05) is 0 Å². The number of carbonyl (C=O) groups is 3. The van der Waals surface area contributed by atoms with E-state index in [1.165, 1.54) is 17.4 Å². The molecule has 6 nitrogen and oxygen atoms in total. The summed E-state index contributed by atoms with van der Waals surface area (Å²) in [5.41, 5.74) is 1.04. The molecule has 0 spiro atoms. The summed E-state index contributed by atoms with van der Waals surface area (Å²) in [6.07, 6.45) is 3.07. The Hall–Kier alpha value is -2.15. The predicted octanol–water partition coefficient (Wildman–Crippen LogP) is 1.89. The fourth-order valence-corrected chi connectivity index (χ4v) is 2.46. The van der Waals surface area contributed by atoms with Gasteiger partial charge in [-0.15, -0.1) is 11.3 Å². The number of carbonyl (C=O) groups excluding carboxylic acids is 1. The van der Waals surface area contributed by atoms with Gasteiger partial charge in [0, 0.05) is 17.4 Å². The number of rotatable bonds is 8. The van der Waals surface area contributed by atoms with E-state index in [9.17, 15) is 14.4 Å². The third-order valence-electron chi connectivity index (χ3n) is 2.79. The second-order valence-corrected chi connectivity index (χ2v) is 5.43. The van der Waals surface area contributed by atoms with E-state index in [0.717, 1.165) is 10.4 Å². The standard InChI is InChI=1S/C14H17NO5S/c1-9-7-8-21-11(9)5-6-12(16)15-10(14(19)20)3-2-4-13(17)18/h5-8,10H,2-4H2,1H3,(H,15,16)(H,17,18)(H,19,20)/b6-5+/t10-/m1/s1. The van der Waals surface area contributed by atoms with Gasteiger partial charge in [-0.3, -0.25) is 9.59 Å². The Balaban J connectivity index is 2.52. The van der Waals surface area contributed by atoms with E-state index < -0.39 is 23.9 Å². The predicted molar refractivity (Wildman–Crippen MR) is 79.1 cm³/mol. The summed E-state index contributed by atoms with van der Waals surface area (Å²) in [5, 5.41) is 21.8. The molecule has 0 aliphatic rings. The lowest BCUT2D eigenvalue weighted by Gasteiger charge is -2.12. The van der Waals surface area contributed by atoms with Gasteiger partial charge in [0.25, 0.3) is 0 Å². The molecule has 7 heteroatoms.